The molecule has 1 amide bonds. The summed E-state index contributed by atoms with van der Waals surface area (Å²) in [5.74, 6) is 0.482. The van der Waals surface area contributed by atoms with Crippen LogP contribution in [-0.4, -0.2) is 17.4 Å². The predicted molar refractivity (Wildman–Crippen MR) is 86.5 cm³/mol. The number of carbonyl (C=O) groups excluding carboxylic acids is 1. The highest BCUT2D eigenvalue weighted by Crippen LogP contribution is 2.21. The highest BCUT2D eigenvalue weighted by molar-refractivity contribution is 9.10. The lowest BCUT2D eigenvalue weighted by Gasteiger charge is -2.19. The summed E-state index contributed by atoms with van der Waals surface area (Å²) in [6.45, 7) is 3.70. The number of hydrogen-bond acceptors (Lipinski definition) is 3. The van der Waals surface area contributed by atoms with Crippen LogP contribution in [0.2, 0.25) is 0 Å². The van der Waals surface area contributed by atoms with Crippen molar-refractivity contribution in [2.24, 2.45) is 0 Å². The Balaban J connectivity index is 1.87. The number of amides is 1. The van der Waals surface area contributed by atoms with E-state index in [1.807, 2.05) is 25.1 Å². The molecule has 2 N–H and O–H groups in total. The molecule has 4 nitrogen and oxygen atoms in total. The maximum absolute atomic E-state index is 12.5. The summed E-state index contributed by atoms with van der Waals surface area (Å²) in [5, 5.41) is 6.21. The largest absolute Gasteiger partial charge is 0.312 e. The van der Waals surface area contributed by atoms with Crippen molar-refractivity contribution in [3.63, 3.8) is 0 Å². The van der Waals surface area contributed by atoms with Crippen LogP contribution < -0.4 is 10.6 Å². The Bertz CT molecular complexity index is 700. The summed E-state index contributed by atoms with van der Waals surface area (Å²) in [7, 11) is 0. The molecule has 5 heteroatoms. The third kappa shape index (κ3) is 2.99. The Hall–Kier alpha value is -1.72. The number of rotatable bonds is 2. The molecule has 0 fully saturated rings. The number of halogens is 1. The molecule has 1 aliphatic rings. The molecule has 0 bridgehead atoms. The summed E-state index contributed by atoms with van der Waals surface area (Å²) in [6.07, 6.45) is 2.58. The number of hydrogen-bond donors (Lipinski definition) is 2. The Morgan fingerprint density at radius 2 is 2.29 bits per heavy atom. The van der Waals surface area contributed by atoms with E-state index in [1.165, 1.54) is 5.56 Å². The number of aromatic nitrogens is 1. The van der Waals surface area contributed by atoms with Crippen LogP contribution >= 0.6 is 15.9 Å². The van der Waals surface area contributed by atoms with Gasteiger partial charge in [-0.3, -0.25) is 4.79 Å². The summed E-state index contributed by atoms with van der Waals surface area (Å²) in [5.41, 5.74) is 4.13. The maximum atomic E-state index is 12.5. The molecule has 3 rings (SSSR count). The second-order valence-electron chi connectivity index (χ2n) is 5.14. The smallest absolute Gasteiger partial charge is 0.257 e. The number of benzene rings is 1. The van der Waals surface area contributed by atoms with E-state index in [-0.39, 0.29) is 5.91 Å². The van der Waals surface area contributed by atoms with Crippen LogP contribution in [0.25, 0.3) is 0 Å². The molecule has 1 aromatic carbocycles. The second-order valence-corrected chi connectivity index (χ2v) is 6.00. The average Bonchev–Trinajstić information content (AvgIpc) is 2.50. The number of fused-ring (bicyclic) bond motifs is 1. The minimum atomic E-state index is -0.0945. The summed E-state index contributed by atoms with van der Waals surface area (Å²) in [4.78, 5) is 16.7. The zero-order valence-electron chi connectivity index (χ0n) is 11.7. The van der Waals surface area contributed by atoms with Crippen LogP contribution in [0.3, 0.4) is 0 Å². The first-order valence-corrected chi connectivity index (χ1v) is 7.69. The number of carbonyl (C=O) groups is 1. The summed E-state index contributed by atoms with van der Waals surface area (Å²) < 4.78 is 0.934. The lowest BCUT2D eigenvalue weighted by molar-refractivity contribution is 0.102. The predicted octanol–water partition coefficient (Wildman–Crippen LogP) is 3.05. The van der Waals surface area contributed by atoms with Crippen molar-refractivity contribution in [2.75, 3.05) is 11.9 Å². The molecule has 108 valence electrons. The number of nitrogens with one attached hydrogen (secondary N) is 2. The zero-order chi connectivity index (χ0) is 14.8. The van der Waals surface area contributed by atoms with Crippen molar-refractivity contribution in [3.8, 4) is 0 Å². The van der Waals surface area contributed by atoms with Gasteiger partial charge in [0.25, 0.3) is 5.91 Å². The number of pyridine rings is 1. The van der Waals surface area contributed by atoms with Crippen LogP contribution in [0.15, 0.2) is 34.9 Å². The lowest BCUT2D eigenvalue weighted by atomic mass is 9.95. The standard InChI is InChI=1S/C16H16BrN3O/c1-10-7-15(19-9-14(10)17)20-16(21)13-4-2-3-11-8-18-6-5-12(11)13/h2-4,7,9,18H,5-6,8H2,1H3,(H,19,20,21). The SMILES string of the molecule is Cc1cc(NC(=O)c2cccc3c2CCNC3)ncc1Br. The Kier molecular flexibility index (Phi) is 4.03. The molecular weight excluding hydrogens is 330 g/mol. The molecule has 0 aliphatic carbocycles. The second kappa shape index (κ2) is 5.95. The van der Waals surface area contributed by atoms with Crippen molar-refractivity contribution >= 4 is 27.7 Å². The van der Waals surface area contributed by atoms with Gasteiger partial charge in [-0.25, -0.2) is 4.98 Å². The van der Waals surface area contributed by atoms with E-state index in [1.54, 1.807) is 6.20 Å². The van der Waals surface area contributed by atoms with E-state index in [0.29, 0.717) is 5.82 Å². The Labute approximate surface area is 132 Å². The van der Waals surface area contributed by atoms with Crippen LogP contribution in [0, 0.1) is 6.92 Å². The molecule has 0 radical (unpaired) electrons. The molecular formula is C16H16BrN3O. The van der Waals surface area contributed by atoms with Crippen molar-refractivity contribution in [1.82, 2.24) is 10.3 Å². The van der Waals surface area contributed by atoms with Gasteiger partial charge >= 0.3 is 0 Å². The lowest BCUT2D eigenvalue weighted by Crippen LogP contribution is -2.26. The Morgan fingerprint density at radius 1 is 1.43 bits per heavy atom. The Morgan fingerprint density at radius 3 is 3.10 bits per heavy atom. The minimum Gasteiger partial charge on any atom is -0.312 e. The highest BCUT2D eigenvalue weighted by Gasteiger charge is 2.17. The number of anilines is 1. The minimum absolute atomic E-state index is 0.0945. The fraction of sp³-hybridized carbons (Fsp3) is 0.250. The van der Waals surface area contributed by atoms with Gasteiger partial charge in [-0.1, -0.05) is 12.1 Å². The highest BCUT2D eigenvalue weighted by atomic mass is 79.9. The van der Waals surface area contributed by atoms with Gasteiger partial charge in [0.05, 0.1) is 0 Å². The van der Waals surface area contributed by atoms with E-state index < -0.39 is 0 Å². The molecule has 2 heterocycles. The van der Waals surface area contributed by atoms with E-state index in [9.17, 15) is 4.79 Å². The zero-order valence-corrected chi connectivity index (χ0v) is 13.3. The van der Waals surface area contributed by atoms with Gasteiger partial charge in [0, 0.05) is 22.8 Å². The monoisotopic (exact) mass is 345 g/mol. The van der Waals surface area contributed by atoms with Gasteiger partial charge in [0.2, 0.25) is 0 Å². The van der Waals surface area contributed by atoms with Crippen LogP contribution in [-0.2, 0) is 13.0 Å². The van der Waals surface area contributed by atoms with Gasteiger partial charge < -0.3 is 10.6 Å². The van der Waals surface area contributed by atoms with E-state index in [0.717, 1.165) is 40.7 Å². The van der Waals surface area contributed by atoms with Crippen LogP contribution in [0.1, 0.15) is 27.0 Å². The molecule has 1 aromatic heterocycles. The van der Waals surface area contributed by atoms with Gasteiger partial charge in [-0.15, -0.1) is 0 Å². The molecule has 21 heavy (non-hydrogen) atoms. The summed E-state index contributed by atoms with van der Waals surface area (Å²) >= 11 is 3.41. The van der Waals surface area contributed by atoms with Crippen molar-refractivity contribution in [1.29, 1.82) is 0 Å². The molecule has 1 aliphatic heterocycles. The number of nitrogens with zero attached hydrogens (tertiary/aromatic N) is 1. The molecule has 0 atom stereocenters. The maximum Gasteiger partial charge on any atom is 0.257 e. The number of aryl methyl sites for hydroxylation is 1. The quantitative estimate of drug-likeness (QED) is 0.879. The summed E-state index contributed by atoms with van der Waals surface area (Å²) in [6, 6.07) is 7.74. The fourth-order valence-electron chi connectivity index (χ4n) is 2.54. The van der Waals surface area contributed by atoms with Gasteiger partial charge in [0.1, 0.15) is 5.82 Å². The molecule has 0 unspecified atom stereocenters. The first-order valence-electron chi connectivity index (χ1n) is 6.90. The van der Waals surface area contributed by atoms with E-state index >= 15 is 0 Å². The molecule has 0 spiro atoms. The van der Waals surface area contributed by atoms with Crippen LogP contribution in [0.5, 0.6) is 0 Å². The fourth-order valence-corrected chi connectivity index (χ4v) is 2.75. The molecule has 0 saturated heterocycles. The van der Waals surface area contributed by atoms with Gasteiger partial charge in [-0.05, 0) is 64.6 Å². The first kappa shape index (κ1) is 14.2. The van der Waals surface area contributed by atoms with Gasteiger partial charge in [0.15, 0.2) is 0 Å². The third-order valence-corrected chi connectivity index (χ3v) is 4.50. The van der Waals surface area contributed by atoms with Crippen molar-refractivity contribution in [3.05, 3.63) is 57.2 Å². The normalized spacial score (nSPS) is 13.6. The van der Waals surface area contributed by atoms with Crippen molar-refractivity contribution in [2.45, 2.75) is 19.9 Å². The molecule has 2 aromatic rings. The van der Waals surface area contributed by atoms with E-state index in [4.69, 9.17) is 0 Å². The van der Waals surface area contributed by atoms with Crippen molar-refractivity contribution < 1.29 is 4.79 Å². The average molecular weight is 346 g/mol. The van der Waals surface area contributed by atoms with Crippen LogP contribution in [0.4, 0.5) is 5.82 Å². The van der Waals surface area contributed by atoms with Gasteiger partial charge in [-0.2, -0.15) is 0 Å². The first-order chi connectivity index (χ1) is 10.1. The third-order valence-electron chi connectivity index (χ3n) is 3.67. The molecule has 0 saturated carbocycles. The van der Waals surface area contributed by atoms with E-state index in [2.05, 4.69) is 37.6 Å². The topological polar surface area (TPSA) is 54.0 Å².